The van der Waals surface area contributed by atoms with E-state index in [-0.39, 0.29) is 24.8 Å². The van der Waals surface area contributed by atoms with Gasteiger partial charge in [-0.15, -0.1) is 0 Å². The van der Waals surface area contributed by atoms with Crippen LogP contribution in [-0.2, 0) is 23.2 Å². The first-order valence-corrected chi connectivity index (χ1v) is 16.8. The van der Waals surface area contributed by atoms with Gasteiger partial charge in [0.2, 0.25) is 0 Å². The number of hydrogen-bond donors (Lipinski definition) is 0. The van der Waals surface area contributed by atoms with E-state index in [1.165, 1.54) is 128 Å². The Morgan fingerprint density at radius 3 is 1.09 bits per heavy atom. The van der Waals surface area contributed by atoms with Crippen molar-refractivity contribution in [2.45, 2.75) is 136 Å². The second-order valence-corrected chi connectivity index (χ2v) is 14.5. The molecule has 0 aromatic rings. The minimum atomic E-state index is -0.525. The molecule has 0 aliphatic heterocycles. The molecule has 0 fully saturated rings. The first-order valence-electron chi connectivity index (χ1n) is 14.0. The van der Waals surface area contributed by atoms with E-state index in [2.05, 4.69) is 24.3 Å². The molecule has 0 saturated carbocycles. The molecule has 0 heterocycles. The van der Waals surface area contributed by atoms with Crippen LogP contribution in [0, 0.1) is 0 Å². The molecule has 0 spiro atoms. The maximum absolute atomic E-state index is 2.68. The molecular weight excluding hydrogens is 522 g/mol. The van der Waals surface area contributed by atoms with Gasteiger partial charge in [0.25, 0.3) is 0 Å². The van der Waals surface area contributed by atoms with E-state index in [1.807, 2.05) is 11.1 Å². The fraction of sp³-hybridized carbons (Fsp3) is 0.733. The molecule has 0 N–H and O–H groups in total. The van der Waals surface area contributed by atoms with Crippen LogP contribution in [0.25, 0.3) is 0 Å². The normalized spacial score (nSPS) is 27.5. The molecule has 4 aliphatic rings. The Morgan fingerprint density at radius 1 is 0.424 bits per heavy atom. The topological polar surface area (TPSA) is 0 Å². The zero-order valence-electron chi connectivity index (χ0n) is 20.9. The van der Waals surface area contributed by atoms with E-state index in [4.69, 9.17) is 0 Å². The third-order valence-corrected chi connectivity index (χ3v) is 12.6. The van der Waals surface area contributed by atoms with Gasteiger partial charge < -0.3 is 24.8 Å². The third-order valence-electron chi connectivity index (χ3n) is 8.20. The molecule has 0 amide bonds. The van der Waals surface area contributed by atoms with E-state index in [0.717, 1.165) is 7.25 Å². The summed E-state index contributed by atoms with van der Waals surface area (Å²) in [7, 11) is 0. The van der Waals surface area contributed by atoms with Gasteiger partial charge in [-0.2, -0.15) is 0 Å². The fourth-order valence-electron chi connectivity index (χ4n) is 6.28. The predicted molar refractivity (Wildman–Crippen MR) is 132 cm³/mol. The van der Waals surface area contributed by atoms with E-state index in [1.54, 1.807) is 11.1 Å². The fourth-order valence-corrected chi connectivity index (χ4v) is 10.9. The van der Waals surface area contributed by atoms with Crippen molar-refractivity contribution in [1.82, 2.24) is 0 Å². The van der Waals surface area contributed by atoms with Crippen molar-refractivity contribution in [2.75, 3.05) is 0 Å². The molecule has 33 heavy (non-hydrogen) atoms. The van der Waals surface area contributed by atoms with Crippen molar-refractivity contribution in [3.8, 4) is 0 Å². The number of allylic oxidation sites excluding steroid dienone is 8. The Hall–Kier alpha value is 0.423. The molecule has 3 heteroatoms. The van der Waals surface area contributed by atoms with Gasteiger partial charge in [0, 0.05) is 0 Å². The minimum absolute atomic E-state index is 0. The first-order chi connectivity index (χ1) is 15.4. The summed E-state index contributed by atoms with van der Waals surface area (Å²) >= 11 is -0.525. The maximum Gasteiger partial charge on any atom is -1.00 e. The average Bonchev–Trinajstić information content (AvgIpc) is 3.32. The summed E-state index contributed by atoms with van der Waals surface area (Å²) < 4.78 is 1.79. The van der Waals surface area contributed by atoms with Gasteiger partial charge in [-0.3, -0.25) is 0 Å². The Labute approximate surface area is 229 Å². The molecule has 0 bridgehead atoms. The monoisotopic (exact) mass is 566 g/mol. The Bertz CT molecular complexity index is 629. The van der Waals surface area contributed by atoms with Crippen molar-refractivity contribution >= 4 is 0 Å². The smallest absolute Gasteiger partial charge is 1.00 e. The van der Waals surface area contributed by atoms with Crippen LogP contribution in [0.5, 0.6) is 0 Å². The quantitative estimate of drug-likeness (QED) is 0.468. The van der Waals surface area contributed by atoms with Gasteiger partial charge in [-0.25, -0.2) is 0 Å². The van der Waals surface area contributed by atoms with E-state index in [0.29, 0.717) is 0 Å². The summed E-state index contributed by atoms with van der Waals surface area (Å²) in [4.78, 5) is 0. The van der Waals surface area contributed by atoms with E-state index < -0.39 is 23.2 Å². The van der Waals surface area contributed by atoms with Crippen molar-refractivity contribution in [3.05, 3.63) is 46.6 Å². The van der Waals surface area contributed by atoms with Gasteiger partial charge >= 0.3 is 205 Å². The van der Waals surface area contributed by atoms with Gasteiger partial charge in [-0.1, -0.05) is 0 Å². The average molecular weight is 569 g/mol. The van der Waals surface area contributed by atoms with Crippen molar-refractivity contribution in [1.29, 1.82) is 0 Å². The largest absolute Gasteiger partial charge is 1.00 e. The molecule has 0 nitrogen and oxygen atoms in total. The van der Waals surface area contributed by atoms with Gasteiger partial charge in [-0.05, 0) is 0 Å². The molecular formula is C30H46Cl2Zr. The summed E-state index contributed by atoms with van der Waals surface area (Å²) in [6.07, 6.45) is 39.5. The van der Waals surface area contributed by atoms with Crippen molar-refractivity contribution in [2.24, 2.45) is 0 Å². The standard InChI is InChI=1S/2C15H23.2ClH.Zr/c2*1-2-4-6-8-11-15-13-9-12-14(15)10-7-5-3-1;;;/h2*9,12-13H,1-8,10-11H2;2*1H;/q;;;;+2/p-2. The molecule has 2 unspecified atom stereocenters. The van der Waals surface area contributed by atoms with Crippen molar-refractivity contribution < 1.29 is 48.0 Å². The second-order valence-electron chi connectivity index (χ2n) is 10.6. The maximum atomic E-state index is 2.68. The number of halogens is 2. The summed E-state index contributed by atoms with van der Waals surface area (Å²) in [5.41, 5.74) is 7.40. The van der Waals surface area contributed by atoms with Gasteiger partial charge in [0.15, 0.2) is 0 Å². The second kappa shape index (κ2) is 17.0. The molecule has 2 atom stereocenters. The van der Waals surface area contributed by atoms with Crippen LogP contribution in [0.4, 0.5) is 0 Å². The Balaban J connectivity index is 0.00000193. The summed E-state index contributed by atoms with van der Waals surface area (Å²) in [5.74, 6) is 0. The van der Waals surface area contributed by atoms with Gasteiger partial charge in [0.05, 0.1) is 0 Å². The zero-order valence-corrected chi connectivity index (χ0v) is 24.8. The molecule has 4 aliphatic carbocycles. The van der Waals surface area contributed by atoms with Crippen LogP contribution < -0.4 is 24.8 Å². The molecule has 0 aromatic carbocycles. The summed E-state index contributed by atoms with van der Waals surface area (Å²) in [6, 6.07) is 0. The van der Waals surface area contributed by atoms with E-state index >= 15 is 0 Å². The van der Waals surface area contributed by atoms with Crippen LogP contribution in [0.1, 0.15) is 128 Å². The van der Waals surface area contributed by atoms with Crippen LogP contribution in [0.3, 0.4) is 0 Å². The molecule has 0 radical (unpaired) electrons. The minimum Gasteiger partial charge on any atom is -1.00 e. The molecule has 184 valence electrons. The van der Waals surface area contributed by atoms with Crippen molar-refractivity contribution in [3.63, 3.8) is 0 Å². The third kappa shape index (κ3) is 9.43. The molecule has 4 rings (SSSR count). The molecule has 0 aromatic heterocycles. The van der Waals surface area contributed by atoms with Crippen LogP contribution >= 0.6 is 0 Å². The Kier molecular flexibility index (Phi) is 15.3. The summed E-state index contributed by atoms with van der Waals surface area (Å²) in [5, 5.41) is 0. The number of rotatable bonds is 2. The van der Waals surface area contributed by atoms with Gasteiger partial charge in [0.1, 0.15) is 0 Å². The first kappa shape index (κ1) is 29.7. The van der Waals surface area contributed by atoms with Crippen LogP contribution in [0.2, 0.25) is 7.25 Å². The van der Waals surface area contributed by atoms with Crippen LogP contribution in [-0.4, -0.2) is 0 Å². The van der Waals surface area contributed by atoms with E-state index in [9.17, 15) is 0 Å². The predicted octanol–water partition coefficient (Wildman–Crippen LogP) is 4.22. The number of hydrogen-bond acceptors (Lipinski definition) is 0. The summed E-state index contributed by atoms with van der Waals surface area (Å²) in [6.45, 7) is 0. The zero-order chi connectivity index (χ0) is 21.1. The SMILES string of the molecule is C1=C[CH]([Zr+2][CH]2C=CC3=C2CCCCCCCCCC3)C2=C1CCCCCCCCCC2.[Cl-].[Cl-]. The molecule has 0 saturated heterocycles. The van der Waals surface area contributed by atoms with Crippen LogP contribution in [0.15, 0.2) is 46.6 Å². The Morgan fingerprint density at radius 2 is 0.727 bits per heavy atom.